The second-order valence-electron chi connectivity index (χ2n) is 3.30. The average Bonchev–Trinajstić information content (AvgIpc) is 2.40. The van der Waals surface area contributed by atoms with Crippen LogP contribution in [0, 0.1) is 17.8 Å². The molecule has 0 nitrogen and oxygen atoms in total. The fraction of sp³-hybridized carbons (Fsp3) is 0.778. The van der Waals surface area contributed by atoms with Gasteiger partial charge in [0.2, 0.25) is 0 Å². The van der Waals surface area contributed by atoms with Crippen molar-refractivity contribution < 1.29 is 0 Å². The minimum absolute atomic E-state index is 0.856. The molecule has 0 aromatic heterocycles. The van der Waals surface area contributed by atoms with E-state index < -0.39 is 0 Å². The van der Waals surface area contributed by atoms with Crippen molar-refractivity contribution in [3.05, 3.63) is 12.2 Å². The molecule has 0 spiro atoms. The quantitative estimate of drug-likeness (QED) is 0.496. The van der Waals surface area contributed by atoms with Gasteiger partial charge in [-0.05, 0) is 24.7 Å². The summed E-state index contributed by atoms with van der Waals surface area (Å²) in [6, 6.07) is 0. The Morgan fingerprint density at radius 2 is 2.11 bits per heavy atom. The highest BCUT2D eigenvalue weighted by Crippen LogP contribution is 2.51. The molecule has 0 saturated heterocycles. The summed E-state index contributed by atoms with van der Waals surface area (Å²) < 4.78 is 0. The van der Waals surface area contributed by atoms with E-state index in [9.17, 15) is 0 Å². The molecule has 0 bridgehead atoms. The van der Waals surface area contributed by atoms with E-state index in [0.717, 1.165) is 17.8 Å². The Bertz CT molecular complexity index is 124. The van der Waals surface area contributed by atoms with Crippen LogP contribution in [0.4, 0.5) is 0 Å². The van der Waals surface area contributed by atoms with Crippen molar-refractivity contribution in [1.82, 2.24) is 0 Å². The Morgan fingerprint density at radius 1 is 1.56 bits per heavy atom. The van der Waals surface area contributed by atoms with Gasteiger partial charge in [-0.3, -0.25) is 0 Å². The number of allylic oxidation sites excluding steroid dienone is 1. The van der Waals surface area contributed by atoms with Gasteiger partial charge in [-0.1, -0.05) is 32.4 Å². The fourth-order valence-corrected chi connectivity index (χ4v) is 1.99. The van der Waals surface area contributed by atoms with E-state index in [4.69, 9.17) is 0 Å². The molecule has 0 aliphatic heterocycles. The zero-order valence-electron chi connectivity index (χ0n) is 6.65. The lowest BCUT2D eigenvalue weighted by Gasteiger charge is -1.91. The molecule has 0 heterocycles. The minimum atomic E-state index is 0.856. The van der Waals surface area contributed by atoms with Crippen molar-refractivity contribution in [2.75, 3.05) is 0 Å². The summed E-state index contributed by atoms with van der Waals surface area (Å²) in [6.45, 7) is 10.7. The second kappa shape index (κ2) is 2.17. The van der Waals surface area contributed by atoms with Crippen LogP contribution in [0.1, 0.15) is 27.2 Å². The molecule has 1 rings (SSSR count). The Morgan fingerprint density at radius 3 is 2.22 bits per heavy atom. The van der Waals surface area contributed by atoms with E-state index in [1.165, 1.54) is 12.0 Å². The lowest BCUT2D eigenvalue weighted by molar-refractivity contribution is 0.712. The van der Waals surface area contributed by atoms with Gasteiger partial charge in [-0.25, -0.2) is 0 Å². The number of hydrogen-bond acceptors (Lipinski definition) is 0. The highest BCUT2D eigenvalue weighted by Gasteiger charge is 2.44. The zero-order chi connectivity index (χ0) is 7.02. The van der Waals surface area contributed by atoms with E-state index >= 15 is 0 Å². The van der Waals surface area contributed by atoms with Crippen LogP contribution < -0.4 is 0 Å². The van der Waals surface area contributed by atoms with Crippen molar-refractivity contribution in [2.24, 2.45) is 17.8 Å². The normalized spacial score (nSPS) is 40.6. The third-order valence-corrected chi connectivity index (χ3v) is 2.60. The van der Waals surface area contributed by atoms with Gasteiger partial charge in [-0.15, -0.1) is 0 Å². The van der Waals surface area contributed by atoms with Crippen LogP contribution in [-0.4, -0.2) is 0 Å². The van der Waals surface area contributed by atoms with E-state index in [1.54, 1.807) is 0 Å². The predicted molar refractivity (Wildman–Crippen MR) is 41.2 cm³/mol. The smallest absolute Gasteiger partial charge is 0.0149 e. The largest absolute Gasteiger partial charge is 0.0998 e. The lowest BCUT2D eigenvalue weighted by atomic mass is 10.1. The first-order valence-electron chi connectivity index (χ1n) is 3.83. The van der Waals surface area contributed by atoms with Gasteiger partial charge in [0.1, 0.15) is 0 Å². The zero-order valence-corrected chi connectivity index (χ0v) is 6.65. The van der Waals surface area contributed by atoms with Crippen molar-refractivity contribution in [3.63, 3.8) is 0 Å². The number of rotatable bonds is 2. The first-order valence-corrected chi connectivity index (χ1v) is 3.83. The molecular weight excluding hydrogens is 108 g/mol. The molecule has 3 unspecified atom stereocenters. The Labute approximate surface area is 58.0 Å². The molecule has 0 heteroatoms. The third-order valence-electron chi connectivity index (χ3n) is 2.60. The van der Waals surface area contributed by atoms with Gasteiger partial charge in [0.15, 0.2) is 0 Å². The maximum absolute atomic E-state index is 3.97. The van der Waals surface area contributed by atoms with Crippen molar-refractivity contribution in [2.45, 2.75) is 27.2 Å². The Balaban J connectivity index is 2.42. The topological polar surface area (TPSA) is 0 Å². The Hall–Kier alpha value is -0.260. The molecule has 1 fully saturated rings. The van der Waals surface area contributed by atoms with Crippen LogP contribution in [0.5, 0.6) is 0 Å². The van der Waals surface area contributed by atoms with Crippen molar-refractivity contribution in [3.8, 4) is 0 Å². The molecular formula is C9H16. The van der Waals surface area contributed by atoms with Crippen LogP contribution in [0.3, 0.4) is 0 Å². The molecule has 3 atom stereocenters. The van der Waals surface area contributed by atoms with Crippen LogP contribution in [0.2, 0.25) is 0 Å². The molecule has 52 valence electrons. The third kappa shape index (κ3) is 1.03. The second-order valence-corrected chi connectivity index (χ2v) is 3.30. The maximum Gasteiger partial charge on any atom is -0.0149 e. The fourth-order valence-electron chi connectivity index (χ4n) is 1.99. The first kappa shape index (κ1) is 6.85. The molecule has 1 aliphatic rings. The van der Waals surface area contributed by atoms with E-state index in [0.29, 0.717) is 0 Å². The Kier molecular flexibility index (Phi) is 1.65. The van der Waals surface area contributed by atoms with Crippen molar-refractivity contribution >= 4 is 0 Å². The summed E-state index contributed by atoms with van der Waals surface area (Å²) in [5.41, 5.74) is 1.38. The average molecular weight is 124 g/mol. The first-order chi connectivity index (χ1) is 4.18. The summed E-state index contributed by atoms with van der Waals surface area (Å²) in [5, 5.41) is 0. The van der Waals surface area contributed by atoms with Gasteiger partial charge in [0, 0.05) is 0 Å². The highest BCUT2D eigenvalue weighted by molar-refractivity contribution is 5.12. The summed E-state index contributed by atoms with van der Waals surface area (Å²) in [5.74, 6) is 2.74. The molecule has 0 N–H and O–H groups in total. The maximum atomic E-state index is 3.97. The van der Waals surface area contributed by atoms with Crippen molar-refractivity contribution in [1.29, 1.82) is 0 Å². The van der Waals surface area contributed by atoms with Crippen LogP contribution >= 0.6 is 0 Å². The van der Waals surface area contributed by atoms with Crippen LogP contribution in [0.25, 0.3) is 0 Å². The summed E-state index contributed by atoms with van der Waals surface area (Å²) in [4.78, 5) is 0. The van der Waals surface area contributed by atoms with Gasteiger partial charge in [0.05, 0.1) is 0 Å². The predicted octanol–water partition coefficient (Wildman–Crippen LogP) is 2.85. The molecule has 0 aromatic rings. The molecule has 0 amide bonds. The standard InChI is InChI=1S/C9H16/c1-5-8-7(4)9(8)6(2)3/h7-9H,2,5H2,1,3-4H3. The van der Waals surface area contributed by atoms with E-state index in [1.807, 2.05) is 0 Å². The van der Waals surface area contributed by atoms with Crippen LogP contribution in [0.15, 0.2) is 12.2 Å². The monoisotopic (exact) mass is 124 g/mol. The lowest BCUT2D eigenvalue weighted by Crippen LogP contribution is -1.79. The number of hydrogen-bond donors (Lipinski definition) is 0. The molecule has 1 aliphatic carbocycles. The van der Waals surface area contributed by atoms with E-state index in [2.05, 4.69) is 27.4 Å². The summed E-state index contributed by atoms with van der Waals surface area (Å²) in [6.07, 6.45) is 1.33. The summed E-state index contributed by atoms with van der Waals surface area (Å²) >= 11 is 0. The molecule has 0 aromatic carbocycles. The SMILES string of the molecule is C=C(C)C1C(C)C1CC. The molecule has 1 saturated carbocycles. The molecule has 0 radical (unpaired) electrons. The highest BCUT2D eigenvalue weighted by atomic mass is 14.5. The summed E-state index contributed by atoms with van der Waals surface area (Å²) in [7, 11) is 0. The van der Waals surface area contributed by atoms with Gasteiger partial charge < -0.3 is 0 Å². The van der Waals surface area contributed by atoms with Gasteiger partial charge in [-0.2, -0.15) is 0 Å². The van der Waals surface area contributed by atoms with Gasteiger partial charge >= 0.3 is 0 Å². The van der Waals surface area contributed by atoms with Crippen LogP contribution in [-0.2, 0) is 0 Å². The molecule has 9 heavy (non-hydrogen) atoms. The minimum Gasteiger partial charge on any atom is -0.0998 e. The van der Waals surface area contributed by atoms with E-state index in [-0.39, 0.29) is 0 Å². The van der Waals surface area contributed by atoms with Gasteiger partial charge in [0.25, 0.3) is 0 Å².